The van der Waals surface area contributed by atoms with Gasteiger partial charge in [-0.15, -0.1) is 0 Å². The number of aromatic nitrogens is 1. The molecule has 148 valence electrons. The summed E-state index contributed by atoms with van der Waals surface area (Å²) in [5.41, 5.74) is 2.91. The summed E-state index contributed by atoms with van der Waals surface area (Å²) in [6.07, 6.45) is 1.67. The van der Waals surface area contributed by atoms with E-state index in [1.807, 2.05) is 18.2 Å². The van der Waals surface area contributed by atoms with Gasteiger partial charge in [-0.2, -0.15) is 0 Å². The molecule has 1 aromatic heterocycles. The lowest BCUT2D eigenvalue weighted by atomic mass is 10.0. The predicted molar refractivity (Wildman–Crippen MR) is 108 cm³/mol. The van der Waals surface area contributed by atoms with Crippen molar-refractivity contribution in [2.24, 2.45) is 0 Å². The van der Waals surface area contributed by atoms with E-state index in [1.54, 1.807) is 27.6 Å². The third-order valence-electron chi connectivity index (χ3n) is 4.59. The number of rotatable bonds is 9. The summed E-state index contributed by atoms with van der Waals surface area (Å²) >= 11 is 0. The van der Waals surface area contributed by atoms with Crippen LogP contribution in [0.5, 0.6) is 17.2 Å². The molecule has 1 atom stereocenters. The Hall–Kier alpha value is -2.99. The van der Waals surface area contributed by atoms with Gasteiger partial charge < -0.3 is 23.9 Å². The van der Waals surface area contributed by atoms with Crippen LogP contribution in [-0.4, -0.2) is 32.9 Å². The molecule has 0 amide bonds. The zero-order valence-electron chi connectivity index (χ0n) is 16.7. The molecule has 0 fully saturated rings. The minimum absolute atomic E-state index is 0.419. The summed E-state index contributed by atoms with van der Waals surface area (Å²) in [5, 5.41) is 3.44. The Labute approximate surface area is 165 Å². The summed E-state index contributed by atoms with van der Waals surface area (Å²) in [6.45, 7) is 3.69. The van der Waals surface area contributed by atoms with Gasteiger partial charge in [-0.1, -0.05) is 37.3 Å². The largest absolute Gasteiger partial charge is 0.493 e. The number of methoxy groups -OCH3 is 3. The Morgan fingerprint density at radius 3 is 2.29 bits per heavy atom. The van der Waals surface area contributed by atoms with E-state index in [0.717, 1.165) is 17.8 Å². The number of benzene rings is 2. The zero-order chi connectivity index (χ0) is 19.9. The number of nitrogens with one attached hydrogen (secondary N) is 1. The third-order valence-corrected chi connectivity index (χ3v) is 4.59. The second-order valence-corrected chi connectivity index (χ2v) is 6.50. The highest BCUT2D eigenvalue weighted by Crippen LogP contribution is 2.40. The van der Waals surface area contributed by atoms with Gasteiger partial charge in [0, 0.05) is 18.7 Å². The maximum absolute atomic E-state index is 5.66. The molecule has 0 aliphatic carbocycles. The highest BCUT2D eigenvalue weighted by Gasteiger charge is 2.17. The van der Waals surface area contributed by atoms with Crippen molar-refractivity contribution >= 4 is 0 Å². The molecule has 3 aromatic rings. The lowest BCUT2D eigenvalue weighted by molar-refractivity contribution is 0.324. The van der Waals surface area contributed by atoms with Crippen LogP contribution in [0.15, 0.2) is 53.1 Å². The van der Waals surface area contributed by atoms with E-state index in [0.29, 0.717) is 35.6 Å². The lowest BCUT2D eigenvalue weighted by Crippen LogP contribution is -2.19. The summed E-state index contributed by atoms with van der Waals surface area (Å²) in [6, 6.07) is 14.1. The minimum Gasteiger partial charge on any atom is -0.493 e. The van der Waals surface area contributed by atoms with Gasteiger partial charge in [-0.05, 0) is 23.6 Å². The molecule has 6 nitrogen and oxygen atoms in total. The number of ether oxygens (including phenoxy) is 3. The van der Waals surface area contributed by atoms with Crippen molar-refractivity contribution in [3.05, 3.63) is 60.0 Å². The van der Waals surface area contributed by atoms with Crippen molar-refractivity contribution in [1.29, 1.82) is 0 Å². The second-order valence-electron chi connectivity index (χ2n) is 6.50. The Kier molecular flexibility index (Phi) is 6.55. The van der Waals surface area contributed by atoms with Gasteiger partial charge in [0.15, 0.2) is 11.5 Å². The zero-order valence-corrected chi connectivity index (χ0v) is 16.7. The molecular formula is C22H26N2O4. The van der Waals surface area contributed by atoms with E-state index in [9.17, 15) is 0 Å². The average molecular weight is 382 g/mol. The molecule has 0 bridgehead atoms. The number of oxazole rings is 1. The molecule has 2 aromatic carbocycles. The van der Waals surface area contributed by atoms with E-state index in [2.05, 4.69) is 41.5 Å². The predicted octanol–water partition coefficient (Wildman–Crippen LogP) is 4.26. The summed E-state index contributed by atoms with van der Waals surface area (Å²) in [4.78, 5) is 4.58. The minimum atomic E-state index is 0.419. The fourth-order valence-electron chi connectivity index (χ4n) is 3.04. The van der Waals surface area contributed by atoms with Gasteiger partial charge in [0.05, 0.1) is 27.0 Å². The number of hydrogen-bond acceptors (Lipinski definition) is 6. The maximum Gasteiger partial charge on any atom is 0.226 e. The molecule has 1 N–H and O–H groups in total. The van der Waals surface area contributed by atoms with Gasteiger partial charge in [0.2, 0.25) is 11.6 Å². The molecule has 0 spiro atoms. The molecule has 0 aliphatic rings. The van der Waals surface area contributed by atoms with Gasteiger partial charge in [0.25, 0.3) is 0 Å². The van der Waals surface area contributed by atoms with Crippen molar-refractivity contribution in [1.82, 2.24) is 10.3 Å². The van der Waals surface area contributed by atoms with Crippen molar-refractivity contribution in [2.75, 3.05) is 27.9 Å². The third kappa shape index (κ3) is 4.46. The first-order chi connectivity index (χ1) is 13.7. The second kappa shape index (κ2) is 9.28. The fourth-order valence-corrected chi connectivity index (χ4v) is 3.04. The molecule has 3 rings (SSSR count). The topological polar surface area (TPSA) is 65.8 Å². The average Bonchev–Trinajstić information content (AvgIpc) is 3.22. The van der Waals surface area contributed by atoms with Crippen LogP contribution in [0.1, 0.15) is 24.1 Å². The van der Waals surface area contributed by atoms with E-state index >= 15 is 0 Å². The first-order valence-corrected chi connectivity index (χ1v) is 9.16. The standard InChI is InChI=1S/C22H26N2O4/c1-15(16-8-6-5-7-9-16)12-23-13-18-14-28-22(24-18)17-10-19(25-2)21(27-4)20(11-17)26-3/h5-11,14-15,23H,12-13H2,1-4H3. The van der Waals surface area contributed by atoms with Crippen molar-refractivity contribution in [3.63, 3.8) is 0 Å². The Bertz CT molecular complexity index is 868. The van der Waals surface area contributed by atoms with Crippen LogP contribution in [0, 0.1) is 0 Å². The Morgan fingerprint density at radius 2 is 1.68 bits per heavy atom. The van der Waals surface area contributed by atoms with E-state index in [4.69, 9.17) is 18.6 Å². The van der Waals surface area contributed by atoms with Gasteiger partial charge >= 0.3 is 0 Å². The van der Waals surface area contributed by atoms with E-state index in [1.165, 1.54) is 5.56 Å². The summed E-state index contributed by atoms with van der Waals surface area (Å²) in [5.74, 6) is 2.59. The summed E-state index contributed by atoms with van der Waals surface area (Å²) < 4.78 is 21.8. The summed E-state index contributed by atoms with van der Waals surface area (Å²) in [7, 11) is 4.74. The van der Waals surface area contributed by atoms with Crippen LogP contribution < -0.4 is 19.5 Å². The quantitative estimate of drug-likeness (QED) is 0.596. The van der Waals surface area contributed by atoms with Gasteiger partial charge in [-0.25, -0.2) is 4.98 Å². The molecule has 0 aliphatic heterocycles. The monoisotopic (exact) mass is 382 g/mol. The van der Waals surface area contributed by atoms with Gasteiger partial charge in [-0.3, -0.25) is 0 Å². The van der Waals surface area contributed by atoms with Crippen LogP contribution in [-0.2, 0) is 6.54 Å². The smallest absolute Gasteiger partial charge is 0.226 e. The van der Waals surface area contributed by atoms with E-state index < -0.39 is 0 Å². The highest BCUT2D eigenvalue weighted by molar-refractivity contribution is 5.65. The highest BCUT2D eigenvalue weighted by atomic mass is 16.5. The van der Waals surface area contributed by atoms with Crippen LogP contribution in [0.2, 0.25) is 0 Å². The van der Waals surface area contributed by atoms with Crippen molar-refractivity contribution in [2.45, 2.75) is 19.4 Å². The molecule has 0 saturated carbocycles. The molecule has 6 heteroatoms. The molecule has 0 radical (unpaired) electrons. The maximum atomic E-state index is 5.66. The SMILES string of the molecule is COc1cc(-c2nc(CNCC(C)c3ccccc3)co2)cc(OC)c1OC. The lowest BCUT2D eigenvalue weighted by Gasteiger charge is -2.13. The van der Waals surface area contributed by atoms with Crippen LogP contribution in [0.3, 0.4) is 0 Å². The fraction of sp³-hybridized carbons (Fsp3) is 0.318. The molecule has 1 unspecified atom stereocenters. The molecular weight excluding hydrogens is 356 g/mol. The van der Waals surface area contributed by atoms with Gasteiger partial charge in [0.1, 0.15) is 6.26 Å². The Morgan fingerprint density at radius 1 is 1.00 bits per heavy atom. The van der Waals surface area contributed by atoms with Crippen LogP contribution in [0.4, 0.5) is 0 Å². The van der Waals surface area contributed by atoms with Crippen LogP contribution in [0.25, 0.3) is 11.5 Å². The van der Waals surface area contributed by atoms with Crippen molar-refractivity contribution in [3.8, 4) is 28.7 Å². The van der Waals surface area contributed by atoms with Crippen LogP contribution >= 0.6 is 0 Å². The number of nitrogens with zero attached hydrogens (tertiary/aromatic N) is 1. The first-order valence-electron chi connectivity index (χ1n) is 9.16. The normalized spacial score (nSPS) is 11.9. The first kappa shape index (κ1) is 19.8. The van der Waals surface area contributed by atoms with E-state index in [-0.39, 0.29) is 0 Å². The number of hydrogen-bond donors (Lipinski definition) is 1. The molecule has 28 heavy (non-hydrogen) atoms. The van der Waals surface area contributed by atoms with Crippen molar-refractivity contribution < 1.29 is 18.6 Å². The molecule has 0 saturated heterocycles. The molecule has 1 heterocycles. The Balaban J connectivity index is 1.67.